The maximum Gasteiger partial charge on any atom is 0.134 e. The van der Waals surface area contributed by atoms with Crippen molar-refractivity contribution in [3.63, 3.8) is 0 Å². The van der Waals surface area contributed by atoms with Crippen LogP contribution in [0.5, 0.6) is 0 Å². The van der Waals surface area contributed by atoms with Crippen molar-refractivity contribution in [2.75, 3.05) is 11.9 Å². The first kappa shape index (κ1) is 11.2. The summed E-state index contributed by atoms with van der Waals surface area (Å²) in [6.45, 7) is 5.11. The zero-order chi connectivity index (χ0) is 10.4. The van der Waals surface area contributed by atoms with Gasteiger partial charge in [-0.2, -0.15) is 0 Å². The smallest absolute Gasteiger partial charge is 0.134 e. The lowest BCUT2D eigenvalue weighted by Gasteiger charge is -2.05. The van der Waals surface area contributed by atoms with E-state index in [0.29, 0.717) is 5.15 Å². The molecule has 0 aromatic carbocycles. The third kappa shape index (κ3) is 3.50. The number of hydrogen-bond acceptors (Lipinski definition) is 3. The molecule has 0 fully saturated rings. The first-order valence-corrected chi connectivity index (χ1v) is 5.41. The number of nitrogens with one attached hydrogen (secondary N) is 1. The van der Waals surface area contributed by atoms with E-state index in [1.54, 1.807) is 6.07 Å². The summed E-state index contributed by atoms with van der Waals surface area (Å²) >= 11 is 5.85. The molecule has 4 heteroatoms. The number of unbranched alkanes of at least 4 members (excludes halogenated alkanes) is 1. The molecule has 1 N–H and O–H groups in total. The fourth-order valence-corrected chi connectivity index (χ4v) is 1.31. The van der Waals surface area contributed by atoms with E-state index in [-0.39, 0.29) is 0 Å². The lowest BCUT2D eigenvalue weighted by atomic mass is 10.3. The topological polar surface area (TPSA) is 37.8 Å². The van der Waals surface area contributed by atoms with Gasteiger partial charge in [0.15, 0.2) is 0 Å². The van der Waals surface area contributed by atoms with E-state index >= 15 is 0 Å². The lowest BCUT2D eigenvalue weighted by Crippen LogP contribution is -2.05. The van der Waals surface area contributed by atoms with Crippen molar-refractivity contribution in [1.29, 1.82) is 0 Å². The third-order valence-electron chi connectivity index (χ3n) is 1.89. The van der Waals surface area contributed by atoms with Crippen LogP contribution in [0.3, 0.4) is 0 Å². The summed E-state index contributed by atoms with van der Waals surface area (Å²) in [5.74, 6) is 1.62. The molecule has 0 saturated heterocycles. The van der Waals surface area contributed by atoms with Crippen LogP contribution >= 0.6 is 11.6 Å². The Balaban J connectivity index is 2.62. The van der Waals surface area contributed by atoms with Crippen LogP contribution < -0.4 is 5.32 Å². The Hall–Kier alpha value is -0.830. The first-order valence-electron chi connectivity index (χ1n) is 5.03. The fourth-order valence-electron chi connectivity index (χ4n) is 1.11. The molecular weight excluding hydrogens is 198 g/mol. The van der Waals surface area contributed by atoms with Gasteiger partial charge in [0.2, 0.25) is 0 Å². The van der Waals surface area contributed by atoms with Gasteiger partial charge < -0.3 is 5.32 Å². The molecular formula is C10H16ClN3. The molecule has 0 unspecified atom stereocenters. The number of hydrogen-bond donors (Lipinski definition) is 1. The first-order chi connectivity index (χ1) is 6.76. The van der Waals surface area contributed by atoms with Crippen molar-refractivity contribution >= 4 is 17.4 Å². The molecule has 14 heavy (non-hydrogen) atoms. The van der Waals surface area contributed by atoms with E-state index in [0.717, 1.165) is 31.0 Å². The summed E-state index contributed by atoms with van der Waals surface area (Å²) in [7, 11) is 0. The van der Waals surface area contributed by atoms with Crippen molar-refractivity contribution < 1.29 is 0 Å². The quantitative estimate of drug-likeness (QED) is 0.604. The summed E-state index contributed by atoms with van der Waals surface area (Å²) in [5, 5.41) is 3.74. The Morgan fingerprint density at radius 3 is 2.79 bits per heavy atom. The molecule has 0 saturated carbocycles. The molecule has 1 aromatic rings. The highest BCUT2D eigenvalue weighted by atomic mass is 35.5. The zero-order valence-electron chi connectivity index (χ0n) is 8.68. The second kappa shape index (κ2) is 5.81. The Kier molecular flexibility index (Phi) is 4.66. The molecule has 0 aliphatic heterocycles. The number of halogens is 1. The monoisotopic (exact) mass is 213 g/mol. The van der Waals surface area contributed by atoms with Gasteiger partial charge in [0.25, 0.3) is 0 Å². The van der Waals surface area contributed by atoms with Gasteiger partial charge in [0, 0.05) is 19.0 Å². The minimum Gasteiger partial charge on any atom is -0.370 e. The van der Waals surface area contributed by atoms with Crippen molar-refractivity contribution in [2.45, 2.75) is 33.1 Å². The lowest BCUT2D eigenvalue weighted by molar-refractivity contribution is 0.826. The summed E-state index contributed by atoms with van der Waals surface area (Å²) in [5.41, 5.74) is 0. The van der Waals surface area contributed by atoms with Crippen molar-refractivity contribution in [3.8, 4) is 0 Å². The Labute approximate surface area is 89.9 Å². The predicted octanol–water partition coefficient (Wildman–Crippen LogP) is 2.90. The molecule has 1 heterocycles. The van der Waals surface area contributed by atoms with Gasteiger partial charge in [-0.3, -0.25) is 0 Å². The average Bonchev–Trinajstić information content (AvgIpc) is 2.17. The Morgan fingerprint density at radius 2 is 2.14 bits per heavy atom. The third-order valence-corrected chi connectivity index (χ3v) is 2.09. The van der Waals surface area contributed by atoms with Gasteiger partial charge in [-0.15, -0.1) is 0 Å². The van der Waals surface area contributed by atoms with Crippen LogP contribution in [0.4, 0.5) is 5.82 Å². The average molecular weight is 214 g/mol. The van der Waals surface area contributed by atoms with E-state index < -0.39 is 0 Å². The Bertz CT molecular complexity index is 289. The van der Waals surface area contributed by atoms with Gasteiger partial charge in [-0.1, -0.05) is 31.9 Å². The van der Waals surface area contributed by atoms with Gasteiger partial charge in [0.1, 0.15) is 16.8 Å². The van der Waals surface area contributed by atoms with Crippen molar-refractivity contribution in [2.24, 2.45) is 0 Å². The number of anilines is 1. The second-order valence-electron chi connectivity index (χ2n) is 3.13. The molecule has 0 aliphatic carbocycles. The van der Waals surface area contributed by atoms with E-state index in [4.69, 9.17) is 11.6 Å². The number of aromatic nitrogens is 2. The largest absolute Gasteiger partial charge is 0.370 e. The maximum absolute atomic E-state index is 5.85. The normalized spacial score (nSPS) is 10.2. The van der Waals surface area contributed by atoms with Crippen LogP contribution in [0, 0.1) is 0 Å². The van der Waals surface area contributed by atoms with E-state index in [1.165, 1.54) is 6.42 Å². The highest BCUT2D eigenvalue weighted by molar-refractivity contribution is 6.29. The van der Waals surface area contributed by atoms with Crippen LogP contribution in [0.15, 0.2) is 6.07 Å². The van der Waals surface area contributed by atoms with Gasteiger partial charge in [0.05, 0.1) is 0 Å². The predicted molar refractivity (Wildman–Crippen MR) is 59.8 cm³/mol. The van der Waals surface area contributed by atoms with Gasteiger partial charge >= 0.3 is 0 Å². The van der Waals surface area contributed by atoms with E-state index in [2.05, 4.69) is 22.2 Å². The standard InChI is InChI=1S/C10H16ClN3/c1-3-5-6-12-10-7-8(11)13-9(4-2)14-10/h7H,3-6H2,1-2H3,(H,12,13,14). The summed E-state index contributed by atoms with van der Waals surface area (Å²) in [4.78, 5) is 8.41. The van der Waals surface area contributed by atoms with E-state index in [1.807, 2.05) is 6.92 Å². The van der Waals surface area contributed by atoms with Crippen LogP contribution in [-0.2, 0) is 6.42 Å². The number of rotatable bonds is 5. The van der Waals surface area contributed by atoms with E-state index in [9.17, 15) is 0 Å². The molecule has 1 aromatic heterocycles. The van der Waals surface area contributed by atoms with Crippen LogP contribution in [0.25, 0.3) is 0 Å². The SMILES string of the molecule is CCCCNc1cc(Cl)nc(CC)n1. The van der Waals surface area contributed by atoms with Crippen LogP contribution in [0.2, 0.25) is 5.15 Å². The molecule has 3 nitrogen and oxygen atoms in total. The molecule has 0 radical (unpaired) electrons. The second-order valence-corrected chi connectivity index (χ2v) is 3.51. The number of nitrogens with zero attached hydrogens (tertiary/aromatic N) is 2. The summed E-state index contributed by atoms with van der Waals surface area (Å²) in [6.07, 6.45) is 3.12. The minimum atomic E-state index is 0.510. The van der Waals surface area contributed by atoms with Crippen molar-refractivity contribution in [1.82, 2.24) is 9.97 Å². The summed E-state index contributed by atoms with van der Waals surface area (Å²) < 4.78 is 0. The Morgan fingerprint density at radius 1 is 1.36 bits per heavy atom. The van der Waals surface area contributed by atoms with Gasteiger partial charge in [-0.25, -0.2) is 9.97 Å². The van der Waals surface area contributed by atoms with Crippen LogP contribution in [0.1, 0.15) is 32.5 Å². The minimum absolute atomic E-state index is 0.510. The molecule has 0 bridgehead atoms. The van der Waals surface area contributed by atoms with Gasteiger partial charge in [-0.05, 0) is 6.42 Å². The molecule has 1 rings (SSSR count). The van der Waals surface area contributed by atoms with Crippen LogP contribution in [-0.4, -0.2) is 16.5 Å². The highest BCUT2D eigenvalue weighted by Crippen LogP contribution is 2.11. The number of aryl methyl sites for hydroxylation is 1. The molecule has 0 spiro atoms. The fraction of sp³-hybridized carbons (Fsp3) is 0.600. The van der Waals surface area contributed by atoms with Crippen molar-refractivity contribution in [3.05, 3.63) is 17.0 Å². The summed E-state index contributed by atoms with van der Waals surface area (Å²) in [6, 6.07) is 1.76. The molecule has 78 valence electrons. The molecule has 0 amide bonds. The zero-order valence-corrected chi connectivity index (χ0v) is 9.43. The maximum atomic E-state index is 5.85. The molecule has 0 atom stereocenters. The highest BCUT2D eigenvalue weighted by Gasteiger charge is 2.00. The molecule has 0 aliphatic rings.